The van der Waals surface area contributed by atoms with Crippen molar-refractivity contribution in [3.8, 4) is 6.07 Å². The Balaban J connectivity index is 2.91. The number of halogens is 3. The number of nitrogens with zero attached hydrogens (tertiary/aromatic N) is 2. The molecule has 1 aliphatic carbocycles. The maximum atomic E-state index is 12.6. The molecule has 1 fully saturated rings. The molecular formula is C13H17F3N2O. The summed E-state index contributed by atoms with van der Waals surface area (Å²) in [7, 11) is 0. The van der Waals surface area contributed by atoms with E-state index in [0.29, 0.717) is 17.7 Å². The largest absolute Gasteiger partial charge is 0.471 e. The van der Waals surface area contributed by atoms with E-state index in [1.54, 1.807) is 0 Å². The average Bonchev–Trinajstić information content (AvgIpc) is 2.38. The molecule has 0 aliphatic heterocycles. The van der Waals surface area contributed by atoms with Crippen molar-refractivity contribution < 1.29 is 18.0 Å². The van der Waals surface area contributed by atoms with Crippen molar-refractivity contribution in [1.82, 2.24) is 4.90 Å². The number of hydrogen-bond donors (Lipinski definition) is 0. The predicted octanol–water partition coefficient (Wildman–Crippen LogP) is 3.04. The monoisotopic (exact) mass is 274 g/mol. The third-order valence-corrected chi connectivity index (χ3v) is 3.39. The molecule has 0 saturated heterocycles. The van der Waals surface area contributed by atoms with E-state index in [9.17, 15) is 18.0 Å². The van der Waals surface area contributed by atoms with E-state index in [1.165, 1.54) is 6.08 Å². The molecule has 0 radical (unpaired) electrons. The van der Waals surface area contributed by atoms with E-state index in [1.807, 2.05) is 6.07 Å². The lowest BCUT2D eigenvalue weighted by molar-refractivity contribution is -0.187. The van der Waals surface area contributed by atoms with Crippen molar-refractivity contribution in [2.45, 2.75) is 44.3 Å². The SMILES string of the molecule is C=CCN(C(=O)C(F)(F)F)C(C#N)C1CCCCC1. The van der Waals surface area contributed by atoms with E-state index in [4.69, 9.17) is 5.26 Å². The van der Waals surface area contributed by atoms with Gasteiger partial charge in [0.1, 0.15) is 6.04 Å². The lowest BCUT2D eigenvalue weighted by atomic mass is 9.83. The molecule has 0 heterocycles. The molecule has 0 aromatic rings. The third-order valence-electron chi connectivity index (χ3n) is 3.39. The van der Waals surface area contributed by atoms with Crippen LogP contribution in [0.3, 0.4) is 0 Å². The second-order valence-corrected chi connectivity index (χ2v) is 4.72. The lowest BCUT2D eigenvalue weighted by Gasteiger charge is -2.34. The van der Waals surface area contributed by atoms with Crippen molar-refractivity contribution in [3.63, 3.8) is 0 Å². The minimum Gasteiger partial charge on any atom is -0.315 e. The molecule has 1 amide bonds. The van der Waals surface area contributed by atoms with Crippen LogP contribution in [0, 0.1) is 17.2 Å². The third kappa shape index (κ3) is 3.98. The van der Waals surface area contributed by atoms with Crippen molar-refractivity contribution in [1.29, 1.82) is 5.26 Å². The minimum atomic E-state index is -4.95. The van der Waals surface area contributed by atoms with Crippen LogP contribution in [-0.4, -0.2) is 29.6 Å². The Morgan fingerprint density at radius 2 is 2.00 bits per heavy atom. The predicted molar refractivity (Wildman–Crippen MR) is 63.9 cm³/mol. The van der Waals surface area contributed by atoms with Gasteiger partial charge in [-0.05, 0) is 18.8 Å². The first-order valence-corrected chi connectivity index (χ1v) is 6.30. The van der Waals surface area contributed by atoms with Gasteiger partial charge in [-0.2, -0.15) is 18.4 Å². The van der Waals surface area contributed by atoms with Gasteiger partial charge in [0.05, 0.1) is 6.07 Å². The fourth-order valence-corrected chi connectivity index (χ4v) is 2.50. The Morgan fingerprint density at radius 3 is 2.42 bits per heavy atom. The standard InChI is InChI=1S/C13H17F3N2O/c1-2-8-18(12(19)13(14,15)16)11(9-17)10-6-4-3-5-7-10/h2,10-11H,1,3-8H2. The van der Waals surface area contributed by atoms with Crippen LogP contribution in [0.4, 0.5) is 13.2 Å². The zero-order valence-electron chi connectivity index (χ0n) is 10.6. The molecule has 0 N–H and O–H groups in total. The molecule has 3 nitrogen and oxygen atoms in total. The second kappa shape index (κ2) is 6.60. The lowest BCUT2D eigenvalue weighted by Crippen LogP contribution is -2.49. The average molecular weight is 274 g/mol. The number of hydrogen-bond acceptors (Lipinski definition) is 2. The maximum Gasteiger partial charge on any atom is 0.471 e. The highest BCUT2D eigenvalue weighted by molar-refractivity contribution is 5.82. The molecular weight excluding hydrogens is 257 g/mol. The summed E-state index contributed by atoms with van der Waals surface area (Å²) in [6, 6.07) is 0.846. The molecule has 1 rings (SSSR count). The summed E-state index contributed by atoms with van der Waals surface area (Å²) >= 11 is 0. The Morgan fingerprint density at radius 1 is 1.42 bits per heavy atom. The molecule has 0 aromatic carbocycles. The van der Waals surface area contributed by atoms with Crippen molar-refractivity contribution in [2.75, 3.05) is 6.54 Å². The molecule has 0 spiro atoms. The Kier molecular flexibility index (Phi) is 5.40. The van der Waals surface area contributed by atoms with Gasteiger partial charge in [0.15, 0.2) is 0 Å². The second-order valence-electron chi connectivity index (χ2n) is 4.72. The summed E-state index contributed by atoms with van der Waals surface area (Å²) in [6.07, 6.45) is 0.469. The van der Waals surface area contributed by atoms with E-state index in [2.05, 4.69) is 6.58 Å². The zero-order chi connectivity index (χ0) is 14.5. The topological polar surface area (TPSA) is 44.1 Å². The fraction of sp³-hybridized carbons (Fsp3) is 0.692. The van der Waals surface area contributed by atoms with Gasteiger partial charge in [-0.3, -0.25) is 4.79 Å². The summed E-state index contributed by atoms with van der Waals surface area (Å²) in [5.74, 6) is -2.13. The molecule has 6 heteroatoms. The summed E-state index contributed by atoms with van der Waals surface area (Å²) in [6.45, 7) is 3.10. The van der Waals surface area contributed by atoms with Crippen molar-refractivity contribution >= 4 is 5.91 Å². The van der Waals surface area contributed by atoms with Crippen molar-refractivity contribution in [3.05, 3.63) is 12.7 Å². The highest BCUT2D eigenvalue weighted by atomic mass is 19.4. The molecule has 0 aromatic heterocycles. The van der Waals surface area contributed by atoms with Crippen LogP contribution in [0.2, 0.25) is 0 Å². The van der Waals surface area contributed by atoms with Crippen molar-refractivity contribution in [2.24, 2.45) is 5.92 Å². The first-order chi connectivity index (χ1) is 8.91. The van der Waals surface area contributed by atoms with Gasteiger partial charge in [0, 0.05) is 6.54 Å². The van der Waals surface area contributed by atoms with Crippen LogP contribution in [-0.2, 0) is 4.79 Å². The van der Waals surface area contributed by atoms with Crippen LogP contribution >= 0.6 is 0 Å². The van der Waals surface area contributed by atoms with Crippen LogP contribution in [0.5, 0.6) is 0 Å². The highest BCUT2D eigenvalue weighted by Crippen LogP contribution is 2.30. The number of nitriles is 1. The molecule has 1 unspecified atom stereocenters. The minimum absolute atomic E-state index is 0.176. The molecule has 0 bridgehead atoms. The number of amides is 1. The van der Waals surface area contributed by atoms with E-state index >= 15 is 0 Å². The van der Waals surface area contributed by atoms with Gasteiger partial charge in [-0.15, -0.1) is 6.58 Å². The van der Waals surface area contributed by atoms with Gasteiger partial charge in [-0.25, -0.2) is 0 Å². The molecule has 1 atom stereocenters. The molecule has 19 heavy (non-hydrogen) atoms. The van der Waals surface area contributed by atoms with Crippen LogP contribution in [0.1, 0.15) is 32.1 Å². The fourth-order valence-electron chi connectivity index (χ4n) is 2.50. The Bertz CT molecular complexity index is 367. The summed E-state index contributed by atoms with van der Waals surface area (Å²) in [5, 5.41) is 9.14. The quantitative estimate of drug-likeness (QED) is 0.740. The normalized spacial score (nSPS) is 18.4. The smallest absolute Gasteiger partial charge is 0.315 e. The van der Waals surface area contributed by atoms with Gasteiger partial charge in [-0.1, -0.05) is 25.3 Å². The first kappa shape index (κ1) is 15.5. The Labute approximate surface area is 110 Å². The van der Waals surface area contributed by atoms with Gasteiger partial charge >= 0.3 is 12.1 Å². The van der Waals surface area contributed by atoms with Gasteiger partial charge in [0.2, 0.25) is 0 Å². The number of carbonyl (C=O) groups excluding carboxylic acids is 1. The summed E-state index contributed by atoms with van der Waals surface area (Å²) in [4.78, 5) is 12.0. The van der Waals surface area contributed by atoms with E-state index in [-0.39, 0.29) is 12.5 Å². The summed E-state index contributed by atoms with van der Waals surface area (Å²) < 4.78 is 37.7. The first-order valence-electron chi connectivity index (χ1n) is 6.30. The van der Waals surface area contributed by atoms with Gasteiger partial charge in [0.25, 0.3) is 0 Å². The van der Waals surface area contributed by atoms with Crippen LogP contribution in [0.15, 0.2) is 12.7 Å². The maximum absolute atomic E-state index is 12.6. The van der Waals surface area contributed by atoms with E-state index in [0.717, 1.165) is 19.3 Å². The van der Waals surface area contributed by atoms with E-state index < -0.39 is 18.1 Å². The molecule has 1 saturated carbocycles. The van der Waals surface area contributed by atoms with Crippen LogP contribution in [0.25, 0.3) is 0 Å². The zero-order valence-corrected chi connectivity index (χ0v) is 10.6. The molecule has 1 aliphatic rings. The van der Waals surface area contributed by atoms with Crippen LogP contribution < -0.4 is 0 Å². The summed E-state index contributed by atoms with van der Waals surface area (Å²) in [5.41, 5.74) is 0. The number of carbonyl (C=O) groups is 1. The molecule has 106 valence electrons. The number of rotatable bonds is 4. The number of alkyl halides is 3. The highest BCUT2D eigenvalue weighted by Gasteiger charge is 2.45. The van der Waals surface area contributed by atoms with Gasteiger partial charge < -0.3 is 4.90 Å². The Hall–Kier alpha value is -1.51.